The summed E-state index contributed by atoms with van der Waals surface area (Å²) in [5.41, 5.74) is 4.89. The molecule has 1 saturated heterocycles. The van der Waals surface area contributed by atoms with Crippen molar-refractivity contribution in [2.24, 2.45) is 5.84 Å². The predicted octanol–water partition coefficient (Wildman–Crippen LogP) is 1.86. The number of thioether (sulfide) groups is 2. The average Bonchev–Trinajstić information content (AvgIpc) is 2.46. The van der Waals surface area contributed by atoms with Gasteiger partial charge < -0.3 is 10.7 Å². The fourth-order valence-electron chi connectivity index (χ4n) is 1.93. The van der Waals surface area contributed by atoms with Crippen molar-refractivity contribution >= 4 is 35.1 Å². The summed E-state index contributed by atoms with van der Waals surface area (Å²) in [6.45, 7) is 2.68. The van der Waals surface area contributed by atoms with Crippen LogP contribution in [0, 0.1) is 6.92 Å². The van der Waals surface area contributed by atoms with E-state index in [2.05, 4.69) is 10.7 Å². The predicted molar refractivity (Wildman–Crippen MR) is 84.9 cm³/mol. The van der Waals surface area contributed by atoms with E-state index in [0.717, 1.165) is 11.3 Å². The maximum Gasteiger partial charge on any atom is 0.253 e. The molecular formula is C13H19N3OS2. The van der Waals surface area contributed by atoms with Gasteiger partial charge in [0, 0.05) is 29.1 Å². The lowest BCUT2D eigenvalue weighted by Crippen LogP contribution is -2.34. The minimum atomic E-state index is -0.0622. The van der Waals surface area contributed by atoms with E-state index in [4.69, 9.17) is 5.84 Å². The molecule has 2 rings (SSSR count). The van der Waals surface area contributed by atoms with Crippen LogP contribution in [0.3, 0.4) is 0 Å². The molecule has 0 spiro atoms. The SMILES string of the molecule is Cc1ccc(NN)c(C(=O)NCC2CSCCS2)c1. The van der Waals surface area contributed by atoms with Crippen LogP contribution in [-0.4, -0.2) is 35.0 Å². The number of nitrogens with two attached hydrogens (primary N) is 1. The summed E-state index contributed by atoms with van der Waals surface area (Å²) in [5, 5.41) is 3.52. The first-order valence-corrected chi connectivity index (χ1v) is 8.46. The lowest BCUT2D eigenvalue weighted by atomic mass is 10.1. The molecule has 0 bridgehead atoms. The van der Waals surface area contributed by atoms with Crippen molar-refractivity contribution < 1.29 is 4.79 Å². The fraction of sp³-hybridized carbons (Fsp3) is 0.462. The van der Waals surface area contributed by atoms with E-state index in [1.54, 1.807) is 0 Å². The van der Waals surface area contributed by atoms with Crippen LogP contribution >= 0.6 is 23.5 Å². The van der Waals surface area contributed by atoms with E-state index in [1.165, 1.54) is 11.5 Å². The van der Waals surface area contributed by atoms with Gasteiger partial charge in [-0.05, 0) is 19.1 Å². The van der Waals surface area contributed by atoms with Crippen molar-refractivity contribution in [2.45, 2.75) is 12.2 Å². The van der Waals surface area contributed by atoms with Gasteiger partial charge in [0.05, 0.1) is 11.3 Å². The van der Waals surface area contributed by atoms with Gasteiger partial charge >= 0.3 is 0 Å². The molecule has 4 N–H and O–H groups in total. The monoisotopic (exact) mass is 297 g/mol. The van der Waals surface area contributed by atoms with Gasteiger partial charge in [-0.25, -0.2) is 0 Å². The Bertz CT molecular complexity index is 448. The molecule has 1 unspecified atom stereocenters. The molecule has 1 fully saturated rings. The molecule has 1 aromatic rings. The van der Waals surface area contributed by atoms with E-state index >= 15 is 0 Å². The summed E-state index contributed by atoms with van der Waals surface area (Å²) in [6.07, 6.45) is 0. The van der Waals surface area contributed by atoms with Crippen molar-refractivity contribution in [3.05, 3.63) is 29.3 Å². The molecule has 4 nitrogen and oxygen atoms in total. The lowest BCUT2D eigenvalue weighted by Gasteiger charge is -2.21. The molecule has 1 aliphatic rings. The van der Waals surface area contributed by atoms with Gasteiger partial charge in [0.1, 0.15) is 0 Å². The number of hydrazine groups is 1. The Hall–Kier alpha value is -0.850. The zero-order chi connectivity index (χ0) is 13.7. The molecule has 0 radical (unpaired) electrons. The number of amides is 1. The number of aryl methyl sites for hydroxylation is 1. The minimum Gasteiger partial charge on any atom is -0.351 e. The van der Waals surface area contributed by atoms with Crippen LogP contribution in [0.5, 0.6) is 0 Å². The molecule has 0 aliphatic carbocycles. The zero-order valence-electron chi connectivity index (χ0n) is 10.9. The number of anilines is 1. The maximum atomic E-state index is 12.2. The van der Waals surface area contributed by atoms with Crippen molar-refractivity contribution in [1.82, 2.24) is 5.32 Å². The summed E-state index contributed by atoms with van der Waals surface area (Å²) in [6, 6.07) is 5.61. The van der Waals surface area contributed by atoms with Crippen molar-refractivity contribution in [3.8, 4) is 0 Å². The number of nitrogens with one attached hydrogen (secondary N) is 2. The van der Waals surface area contributed by atoms with Crippen molar-refractivity contribution in [3.63, 3.8) is 0 Å². The number of carbonyl (C=O) groups is 1. The summed E-state index contributed by atoms with van der Waals surface area (Å²) in [5.74, 6) is 8.88. The number of nitrogen functional groups attached to an aromatic ring is 1. The van der Waals surface area contributed by atoms with Crippen LogP contribution in [-0.2, 0) is 0 Å². The van der Waals surface area contributed by atoms with Gasteiger partial charge in [-0.2, -0.15) is 23.5 Å². The molecule has 6 heteroatoms. The van der Waals surface area contributed by atoms with Crippen molar-refractivity contribution in [2.75, 3.05) is 29.2 Å². The highest BCUT2D eigenvalue weighted by atomic mass is 32.2. The molecular weight excluding hydrogens is 278 g/mol. The van der Waals surface area contributed by atoms with Crippen LogP contribution in [0.2, 0.25) is 0 Å². The van der Waals surface area contributed by atoms with Gasteiger partial charge in [0.2, 0.25) is 0 Å². The van der Waals surface area contributed by atoms with E-state index in [9.17, 15) is 4.79 Å². The number of hydrogen-bond acceptors (Lipinski definition) is 5. The summed E-state index contributed by atoms with van der Waals surface area (Å²) < 4.78 is 0. The van der Waals surface area contributed by atoms with E-state index in [1.807, 2.05) is 48.6 Å². The second-order valence-corrected chi connectivity index (χ2v) is 7.03. The number of benzene rings is 1. The van der Waals surface area contributed by atoms with Crippen LogP contribution in [0.15, 0.2) is 18.2 Å². The first-order chi connectivity index (χ1) is 9.20. The molecule has 1 aromatic carbocycles. The largest absolute Gasteiger partial charge is 0.351 e. The van der Waals surface area contributed by atoms with Gasteiger partial charge in [-0.3, -0.25) is 10.6 Å². The van der Waals surface area contributed by atoms with E-state index in [-0.39, 0.29) is 5.91 Å². The first kappa shape index (κ1) is 14.6. The van der Waals surface area contributed by atoms with Crippen LogP contribution in [0.4, 0.5) is 5.69 Å². The lowest BCUT2D eigenvalue weighted by molar-refractivity contribution is 0.0955. The number of carbonyl (C=O) groups excluding carboxylic acids is 1. The smallest absolute Gasteiger partial charge is 0.253 e. The van der Waals surface area contributed by atoms with Crippen LogP contribution < -0.4 is 16.6 Å². The minimum absolute atomic E-state index is 0.0622. The Morgan fingerprint density at radius 1 is 1.47 bits per heavy atom. The molecule has 1 amide bonds. The van der Waals surface area contributed by atoms with Gasteiger partial charge in [0.25, 0.3) is 5.91 Å². The summed E-state index contributed by atoms with van der Waals surface area (Å²) >= 11 is 3.89. The highest BCUT2D eigenvalue weighted by Crippen LogP contribution is 2.23. The molecule has 0 saturated carbocycles. The Morgan fingerprint density at radius 2 is 2.32 bits per heavy atom. The Balaban J connectivity index is 1.97. The quantitative estimate of drug-likeness (QED) is 0.585. The molecule has 0 aromatic heterocycles. The third-order valence-electron chi connectivity index (χ3n) is 2.95. The van der Waals surface area contributed by atoms with Gasteiger partial charge in [-0.15, -0.1) is 0 Å². The van der Waals surface area contributed by atoms with E-state index in [0.29, 0.717) is 23.0 Å². The highest BCUT2D eigenvalue weighted by molar-refractivity contribution is 8.06. The Kier molecular flexibility index (Phi) is 5.42. The second kappa shape index (κ2) is 7.07. The zero-order valence-corrected chi connectivity index (χ0v) is 12.6. The first-order valence-electron chi connectivity index (χ1n) is 6.25. The molecule has 1 aliphatic heterocycles. The summed E-state index contributed by atoms with van der Waals surface area (Å²) in [7, 11) is 0. The molecule has 1 atom stereocenters. The standard InChI is InChI=1S/C13H19N3OS2/c1-9-2-3-12(16-14)11(6-9)13(17)15-7-10-8-18-4-5-19-10/h2-3,6,10,16H,4-5,7-8,14H2,1H3,(H,15,17). The fourth-order valence-corrected chi connectivity index (χ4v) is 4.54. The third kappa shape index (κ3) is 4.06. The van der Waals surface area contributed by atoms with Crippen molar-refractivity contribution in [1.29, 1.82) is 0 Å². The van der Waals surface area contributed by atoms with Crippen LogP contribution in [0.1, 0.15) is 15.9 Å². The summed E-state index contributed by atoms with van der Waals surface area (Å²) in [4.78, 5) is 12.2. The van der Waals surface area contributed by atoms with Crippen LogP contribution in [0.25, 0.3) is 0 Å². The Morgan fingerprint density at radius 3 is 3.00 bits per heavy atom. The van der Waals surface area contributed by atoms with Gasteiger partial charge in [-0.1, -0.05) is 11.6 Å². The number of hydrogen-bond donors (Lipinski definition) is 3. The number of rotatable bonds is 4. The third-order valence-corrected chi connectivity index (χ3v) is 5.80. The van der Waals surface area contributed by atoms with E-state index < -0.39 is 0 Å². The second-order valence-electron chi connectivity index (χ2n) is 4.47. The highest BCUT2D eigenvalue weighted by Gasteiger charge is 2.17. The maximum absolute atomic E-state index is 12.2. The average molecular weight is 297 g/mol. The molecule has 104 valence electrons. The van der Waals surface area contributed by atoms with Gasteiger partial charge in [0.15, 0.2) is 0 Å². The normalized spacial score (nSPS) is 18.9. The Labute approximate surface area is 122 Å². The topological polar surface area (TPSA) is 67.1 Å². The molecule has 19 heavy (non-hydrogen) atoms. The molecule has 1 heterocycles.